The topological polar surface area (TPSA) is 85.1 Å². The highest BCUT2D eigenvalue weighted by Gasteiger charge is 2.18. The van der Waals surface area contributed by atoms with E-state index in [0.717, 1.165) is 10.4 Å². The summed E-state index contributed by atoms with van der Waals surface area (Å²) in [5, 5.41) is 9.71. The number of benzene rings is 1. The third kappa shape index (κ3) is 4.15. The molecule has 8 heteroatoms. The van der Waals surface area contributed by atoms with Crippen molar-refractivity contribution in [2.24, 2.45) is 0 Å². The summed E-state index contributed by atoms with van der Waals surface area (Å²) in [5.74, 6) is 0.608. The zero-order valence-corrected chi connectivity index (χ0v) is 15.8. The molecular formula is C17H19N3O3S2. The third-order valence-corrected chi connectivity index (χ3v) is 5.92. The minimum Gasteiger partial charge on any atom is -0.418 e. The Morgan fingerprint density at radius 3 is 2.44 bits per heavy atom. The molecule has 0 radical (unpaired) electrons. The molecular weight excluding hydrogens is 358 g/mol. The van der Waals surface area contributed by atoms with Crippen LogP contribution in [0.5, 0.6) is 0 Å². The smallest absolute Gasteiger partial charge is 0.257 e. The number of nitrogens with one attached hydrogen (secondary N) is 1. The van der Waals surface area contributed by atoms with E-state index in [1.807, 2.05) is 29.6 Å². The quantitative estimate of drug-likeness (QED) is 0.735. The number of aromatic nitrogens is 2. The maximum absolute atomic E-state index is 12.4. The van der Waals surface area contributed by atoms with Gasteiger partial charge in [-0.2, -0.15) is 0 Å². The molecule has 0 aliphatic heterocycles. The van der Waals surface area contributed by atoms with Crippen molar-refractivity contribution < 1.29 is 12.8 Å². The van der Waals surface area contributed by atoms with Crippen molar-refractivity contribution in [1.29, 1.82) is 0 Å². The SMILES string of the molecule is CC(C)(C)c1ccc(S(=O)(=O)NCc2nnc(-c3cccs3)o2)cc1. The average molecular weight is 377 g/mol. The van der Waals surface area contributed by atoms with Crippen LogP contribution < -0.4 is 4.72 Å². The number of hydrogen-bond acceptors (Lipinski definition) is 6. The maximum Gasteiger partial charge on any atom is 0.257 e. The molecule has 0 spiro atoms. The van der Waals surface area contributed by atoms with Crippen LogP contribution in [0.2, 0.25) is 0 Å². The highest BCUT2D eigenvalue weighted by atomic mass is 32.2. The lowest BCUT2D eigenvalue weighted by Gasteiger charge is -2.19. The summed E-state index contributed by atoms with van der Waals surface area (Å²) in [6.07, 6.45) is 0. The Bertz CT molecular complexity index is 938. The lowest BCUT2D eigenvalue weighted by molar-refractivity contribution is 0.495. The third-order valence-electron chi connectivity index (χ3n) is 3.64. The van der Waals surface area contributed by atoms with E-state index in [9.17, 15) is 8.42 Å². The minimum atomic E-state index is -3.64. The Morgan fingerprint density at radius 2 is 1.84 bits per heavy atom. The van der Waals surface area contributed by atoms with Gasteiger partial charge in [-0.1, -0.05) is 39.0 Å². The highest BCUT2D eigenvalue weighted by Crippen LogP contribution is 2.24. The fourth-order valence-electron chi connectivity index (χ4n) is 2.20. The number of thiophene rings is 1. The Labute approximate surface area is 151 Å². The molecule has 0 amide bonds. The Hall–Kier alpha value is -2.03. The van der Waals surface area contributed by atoms with Gasteiger partial charge in [-0.05, 0) is 34.6 Å². The summed E-state index contributed by atoms with van der Waals surface area (Å²) in [6, 6.07) is 10.6. The molecule has 0 saturated carbocycles. The van der Waals surface area contributed by atoms with Crippen LogP contribution in [0.25, 0.3) is 10.8 Å². The second kappa shape index (κ2) is 6.70. The zero-order valence-electron chi connectivity index (χ0n) is 14.2. The molecule has 0 aliphatic rings. The molecule has 132 valence electrons. The van der Waals surface area contributed by atoms with Crippen molar-refractivity contribution in [3.05, 3.63) is 53.2 Å². The number of sulfonamides is 1. The van der Waals surface area contributed by atoms with Crippen molar-refractivity contribution in [3.63, 3.8) is 0 Å². The molecule has 0 unspecified atom stereocenters. The predicted molar refractivity (Wildman–Crippen MR) is 96.8 cm³/mol. The van der Waals surface area contributed by atoms with E-state index in [0.29, 0.717) is 5.89 Å². The monoisotopic (exact) mass is 377 g/mol. The van der Waals surface area contributed by atoms with Gasteiger partial charge in [-0.15, -0.1) is 21.5 Å². The molecule has 1 N–H and O–H groups in total. The highest BCUT2D eigenvalue weighted by molar-refractivity contribution is 7.89. The van der Waals surface area contributed by atoms with Gasteiger partial charge in [0.25, 0.3) is 5.89 Å². The van der Waals surface area contributed by atoms with Crippen molar-refractivity contribution in [2.45, 2.75) is 37.6 Å². The van der Waals surface area contributed by atoms with E-state index in [1.165, 1.54) is 11.3 Å². The van der Waals surface area contributed by atoms with Gasteiger partial charge in [0.05, 0.1) is 16.3 Å². The van der Waals surface area contributed by atoms with Crippen molar-refractivity contribution in [3.8, 4) is 10.8 Å². The lowest BCUT2D eigenvalue weighted by atomic mass is 9.87. The molecule has 0 saturated heterocycles. The molecule has 0 fully saturated rings. The molecule has 3 aromatic rings. The van der Waals surface area contributed by atoms with E-state index in [-0.39, 0.29) is 22.7 Å². The summed E-state index contributed by atoms with van der Waals surface area (Å²) in [4.78, 5) is 1.05. The van der Waals surface area contributed by atoms with Crippen LogP contribution in [0.15, 0.2) is 51.1 Å². The van der Waals surface area contributed by atoms with Gasteiger partial charge in [0.15, 0.2) is 0 Å². The van der Waals surface area contributed by atoms with E-state index in [1.54, 1.807) is 12.1 Å². The largest absolute Gasteiger partial charge is 0.418 e. The van der Waals surface area contributed by atoms with Gasteiger partial charge in [0.1, 0.15) is 0 Å². The first-order valence-electron chi connectivity index (χ1n) is 7.72. The van der Waals surface area contributed by atoms with Gasteiger partial charge in [0.2, 0.25) is 15.9 Å². The summed E-state index contributed by atoms with van der Waals surface area (Å²) in [6.45, 7) is 6.18. The molecule has 0 aliphatic carbocycles. The molecule has 1 aromatic carbocycles. The van der Waals surface area contributed by atoms with Crippen LogP contribution in [0.3, 0.4) is 0 Å². The van der Waals surface area contributed by atoms with Crippen LogP contribution in [0.4, 0.5) is 0 Å². The van der Waals surface area contributed by atoms with Crippen LogP contribution in [0, 0.1) is 0 Å². The van der Waals surface area contributed by atoms with Crippen LogP contribution >= 0.6 is 11.3 Å². The molecule has 6 nitrogen and oxygen atoms in total. The molecule has 25 heavy (non-hydrogen) atoms. The first kappa shape index (κ1) is 17.8. The van der Waals surface area contributed by atoms with Gasteiger partial charge < -0.3 is 4.42 Å². The molecule has 3 rings (SSSR count). The Kier molecular flexibility index (Phi) is 4.77. The summed E-state index contributed by atoms with van der Waals surface area (Å²) < 4.78 is 32.8. The van der Waals surface area contributed by atoms with Gasteiger partial charge in [-0.3, -0.25) is 0 Å². The Morgan fingerprint density at radius 1 is 1.12 bits per heavy atom. The molecule has 0 bridgehead atoms. The second-order valence-corrected chi connectivity index (χ2v) is 9.29. The molecule has 2 aromatic heterocycles. The van der Waals surface area contributed by atoms with E-state index in [4.69, 9.17) is 4.42 Å². The summed E-state index contributed by atoms with van der Waals surface area (Å²) in [7, 11) is -3.64. The second-order valence-electron chi connectivity index (χ2n) is 6.58. The van der Waals surface area contributed by atoms with Crippen LogP contribution in [-0.4, -0.2) is 18.6 Å². The first-order valence-corrected chi connectivity index (χ1v) is 10.1. The lowest BCUT2D eigenvalue weighted by Crippen LogP contribution is -2.23. The summed E-state index contributed by atoms with van der Waals surface area (Å²) >= 11 is 1.48. The fourth-order valence-corrected chi connectivity index (χ4v) is 3.82. The van der Waals surface area contributed by atoms with Gasteiger partial charge >= 0.3 is 0 Å². The number of nitrogens with zero attached hydrogens (tertiary/aromatic N) is 2. The van der Waals surface area contributed by atoms with Crippen molar-refractivity contribution >= 4 is 21.4 Å². The zero-order chi connectivity index (χ0) is 18.1. The molecule has 0 atom stereocenters. The van der Waals surface area contributed by atoms with Gasteiger partial charge in [-0.25, -0.2) is 13.1 Å². The van der Waals surface area contributed by atoms with Crippen molar-refractivity contribution in [1.82, 2.24) is 14.9 Å². The predicted octanol–water partition coefficient (Wildman–Crippen LogP) is 3.57. The van der Waals surface area contributed by atoms with E-state index < -0.39 is 10.0 Å². The van der Waals surface area contributed by atoms with E-state index in [2.05, 4.69) is 35.7 Å². The summed E-state index contributed by atoms with van der Waals surface area (Å²) in [5.41, 5.74) is 1.04. The normalized spacial score (nSPS) is 12.4. The number of rotatable bonds is 5. The molecule has 2 heterocycles. The van der Waals surface area contributed by atoms with Gasteiger partial charge in [0, 0.05) is 0 Å². The van der Waals surface area contributed by atoms with Crippen LogP contribution in [0.1, 0.15) is 32.2 Å². The number of hydrogen-bond donors (Lipinski definition) is 1. The van der Waals surface area contributed by atoms with Crippen molar-refractivity contribution in [2.75, 3.05) is 0 Å². The first-order chi connectivity index (χ1) is 11.8. The average Bonchev–Trinajstić information content (AvgIpc) is 3.23. The standard InChI is InChI=1S/C17H19N3O3S2/c1-17(2,3)12-6-8-13(9-7-12)25(21,22)18-11-15-19-20-16(23-15)14-5-4-10-24-14/h4-10,18H,11H2,1-3H3. The Balaban J connectivity index is 1.70. The van der Waals surface area contributed by atoms with E-state index >= 15 is 0 Å². The van der Waals surface area contributed by atoms with Crippen LogP contribution in [-0.2, 0) is 22.0 Å². The maximum atomic E-state index is 12.4. The fraction of sp³-hybridized carbons (Fsp3) is 0.294. The minimum absolute atomic E-state index is 0.0301.